The van der Waals surface area contributed by atoms with E-state index in [1.165, 1.54) is 0 Å². The van der Waals surface area contributed by atoms with Gasteiger partial charge in [-0.25, -0.2) is 4.98 Å². The fraction of sp³-hybridized carbons (Fsp3) is 0.304. The highest BCUT2D eigenvalue weighted by Gasteiger charge is 2.04. The van der Waals surface area contributed by atoms with Crippen LogP contribution in [0.3, 0.4) is 0 Å². The monoisotopic (exact) mass is 376 g/mol. The minimum Gasteiger partial charge on any atom is -0.489 e. The quantitative estimate of drug-likeness (QED) is 0.511. The predicted molar refractivity (Wildman–Crippen MR) is 115 cm³/mol. The van der Waals surface area contributed by atoms with Gasteiger partial charge in [0.1, 0.15) is 18.2 Å². The SMILES string of the molecule is Cc1cc(NCCC(C)C)nc(Nc2ccc(OCc3ccccc3)cc2)n1. The summed E-state index contributed by atoms with van der Waals surface area (Å²) in [6.45, 7) is 7.86. The van der Waals surface area contributed by atoms with Gasteiger partial charge < -0.3 is 15.4 Å². The number of nitrogens with zero attached hydrogens (tertiary/aromatic N) is 2. The van der Waals surface area contributed by atoms with E-state index in [2.05, 4.69) is 46.6 Å². The van der Waals surface area contributed by atoms with E-state index in [1.807, 2.05) is 55.5 Å². The average Bonchev–Trinajstić information content (AvgIpc) is 2.67. The normalized spacial score (nSPS) is 10.7. The molecule has 2 N–H and O–H groups in total. The lowest BCUT2D eigenvalue weighted by Crippen LogP contribution is -2.08. The molecular formula is C23H28N4O. The smallest absolute Gasteiger partial charge is 0.229 e. The van der Waals surface area contributed by atoms with Gasteiger partial charge in [-0.05, 0) is 49.1 Å². The van der Waals surface area contributed by atoms with E-state index in [-0.39, 0.29) is 0 Å². The van der Waals surface area contributed by atoms with Crippen LogP contribution in [0.4, 0.5) is 17.5 Å². The highest BCUT2D eigenvalue weighted by atomic mass is 16.5. The van der Waals surface area contributed by atoms with Crippen molar-refractivity contribution in [3.63, 3.8) is 0 Å². The Balaban J connectivity index is 1.58. The highest BCUT2D eigenvalue weighted by Crippen LogP contribution is 2.20. The summed E-state index contributed by atoms with van der Waals surface area (Å²) in [5.41, 5.74) is 2.99. The van der Waals surface area contributed by atoms with Crippen LogP contribution >= 0.6 is 0 Å². The zero-order chi connectivity index (χ0) is 19.8. The third kappa shape index (κ3) is 6.27. The summed E-state index contributed by atoms with van der Waals surface area (Å²) in [5, 5.41) is 6.64. The Bertz CT molecular complexity index is 864. The van der Waals surface area contributed by atoms with Crippen LogP contribution in [0.25, 0.3) is 0 Å². The van der Waals surface area contributed by atoms with Crippen molar-refractivity contribution in [1.29, 1.82) is 0 Å². The average molecular weight is 377 g/mol. The molecule has 3 aromatic rings. The lowest BCUT2D eigenvalue weighted by molar-refractivity contribution is 0.306. The van der Waals surface area contributed by atoms with Gasteiger partial charge in [-0.2, -0.15) is 4.98 Å². The lowest BCUT2D eigenvalue weighted by Gasteiger charge is -2.11. The third-order valence-corrected chi connectivity index (χ3v) is 4.24. The number of hydrogen-bond donors (Lipinski definition) is 2. The molecule has 0 saturated carbocycles. The molecule has 0 saturated heterocycles. The molecule has 2 aromatic carbocycles. The molecule has 0 radical (unpaired) electrons. The second kappa shape index (κ2) is 9.74. The van der Waals surface area contributed by atoms with E-state index in [0.29, 0.717) is 18.5 Å². The highest BCUT2D eigenvalue weighted by molar-refractivity contribution is 5.56. The van der Waals surface area contributed by atoms with E-state index in [9.17, 15) is 0 Å². The molecule has 0 atom stereocenters. The van der Waals surface area contributed by atoms with E-state index in [1.54, 1.807) is 0 Å². The molecule has 0 spiro atoms. The van der Waals surface area contributed by atoms with Crippen molar-refractivity contribution < 1.29 is 4.74 Å². The Labute approximate surface area is 167 Å². The third-order valence-electron chi connectivity index (χ3n) is 4.24. The molecule has 3 rings (SSSR count). The van der Waals surface area contributed by atoms with Gasteiger partial charge in [0.25, 0.3) is 0 Å². The molecule has 5 nitrogen and oxygen atoms in total. The summed E-state index contributed by atoms with van der Waals surface area (Å²) in [5.74, 6) is 2.93. The molecule has 0 aliphatic heterocycles. The predicted octanol–water partition coefficient (Wildman–Crippen LogP) is 5.57. The van der Waals surface area contributed by atoms with E-state index in [0.717, 1.165) is 41.5 Å². The number of nitrogens with one attached hydrogen (secondary N) is 2. The Morgan fingerprint density at radius 3 is 2.43 bits per heavy atom. The second-order valence-electron chi connectivity index (χ2n) is 7.25. The zero-order valence-electron chi connectivity index (χ0n) is 16.8. The van der Waals surface area contributed by atoms with Crippen LogP contribution in [0.5, 0.6) is 5.75 Å². The number of aromatic nitrogens is 2. The standard InChI is InChI=1S/C23H28N4O/c1-17(2)13-14-24-22-15-18(3)25-23(27-22)26-20-9-11-21(12-10-20)28-16-19-7-5-4-6-8-19/h4-12,15,17H,13-14,16H2,1-3H3,(H2,24,25,26,27). The number of anilines is 3. The van der Waals surface area contributed by atoms with Crippen molar-refractivity contribution in [2.24, 2.45) is 5.92 Å². The minimum absolute atomic E-state index is 0.556. The summed E-state index contributed by atoms with van der Waals surface area (Å²) in [4.78, 5) is 9.04. The summed E-state index contributed by atoms with van der Waals surface area (Å²) >= 11 is 0. The van der Waals surface area contributed by atoms with Gasteiger partial charge in [0.05, 0.1) is 0 Å². The Kier molecular flexibility index (Phi) is 6.84. The molecule has 1 heterocycles. The fourth-order valence-electron chi connectivity index (χ4n) is 2.71. The van der Waals surface area contributed by atoms with Crippen molar-refractivity contribution in [2.75, 3.05) is 17.2 Å². The molecule has 1 aromatic heterocycles. The number of ether oxygens (including phenoxy) is 1. The summed E-state index contributed by atoms with van der Waals surface area (Å²) < 4.78 is 5.83. The topological polar surface area (TPSA) is 59.1 Å². The van der Waals surface area contributed by atoms with E-state index >= 15 is 0 Å². The van der Waals surface area contributed by atoms with Gasteiger partial charge >= 0.3 is 0 Å². The molecule has 0 aliphatic rings. The van der Waals surface area contributed by atoms with Crippen molar-refractivity contribution >= 4 is 17.5 Å². The van der Waals surface area contributed by atoms with Crippen molar-refractivity contribution in [2.45, 2.75) is 33.8 Å². The van der Waals surface area contributed by atoms with Crippen molar-refractivity contribution in [1.82, 2.24) is 9.97 Å². The largest absolute Gasteiger partial charge is 0.489 e. The summed E-state index contributed by atoms with van der Waals surface area (Å²) in [6, 6.07) is 19.9. The molecule has 28 heavy (non-hydrogen) atoms. The maximum atomic E-state index is 5.83. The Hall–Kier alpha value is -3.08. The number of aryl methyl sites for hydroxylation is 1. The molecule has 0 amide bonds. The first-order chi connectivity index (χ1) is 13.6. The Morgan fingerprint density at radius 1 is 0.964 bits per heavy atom. The molecule has 0 aliphatic carbocycles. The van der Waals surface area contributed by atoms with Crippen LogP contribution in [0.15, 0.2) is 60.7 Å². The van der Waals surface area contributed by atoms with Crippen molar-refractivity contribution in [3.05, 3.63) is 71.9 Å². The number of benzene rings is 2. The summed E-state index contributed by atoms with van der Waals surface area (Å²) in [6.07, 6.45) is 1.11. The first-order valence-electron chi connectivity index (χ1n) is 9.72. The van der Waals surface area contributed by atoms with Gasteiger partial charge in [-0.1, -0.05) is 44.2 Å². The molecule has 5 heteroatoms. The van der Waals surface area contributed by atoms with Crippen LogP contribution in [0.2, 0.25) is 0 Å². The van der Waals surface area contributed by atoms with Crippen LogP contribution in [-0.4, -0.2) is 16.5 Å². The van der Waals surface area contributed by atoms with Crippen LogP contribution in [-0.2, 0) is 6.61 Å². The first-order valence-corrected chi connectivity index (χ1v) is 9.72. The lowest BCUT2D eigenvalue weighted by atomic mass is 10.1. The van der Waals surface area contributed by atoms with Gasteiger partial charge in [0.15, 0.2) is 0 Å². The molecule has 0 bridgehead atoms. The first kappa shape index (κ1) is 19.7. The van der Waals surface area contributed by atoms with E-state index in [4.69, 9.17) is 4.74 Å². The second-order valence-corrected chi connectivity index (χ2v) is 7.25. The fourth-order valence-corrected chi connectivity index (χ4v) is 2.71. The van der Waals surface area contributed by atoms with Gasteiger partial charge in [-0.3, -0.25) is 0 Å². The number of hydrogen-bond acceptors (Lipinski definition) is 5. The van der Waals surface area contributed by atoms with Gasteiger partial charge in [0.2, 0.25) is 5.95 Å². The Morgan fingerprint density at radius 2 is 1.71 bits per heavy atom. The van der Waals surface area contributed by atoms with Crippen molar-refractivity contribution in [3.8, 4) is 5.75 Å². The molecule has 0 fully saturated rings. The van der Waals surface area contributed by atoms with Crippen LogP contribution in [0, 0.1) is 12.8 Å². The molecule has 0 unspecified atom stereocenters. The van der Waals surface area contributed by atoms with Crippen LogP contribution < -0.4 is 15.4 Å². The number of rotatable bonds is 9. The zero-order valence-corrected chi connectivity index (χ0v) is 16.8. The minimum atomic E-state index is 0.556. The maximum Gasteiger partial charge on any atom is 0.229 e. The van der Waals surface area contributed by atoms with Gasteiger partial charge in [0, 0.05) is 24.0 Å². The van der Waals surface area contributed by atoms with Gasteiger partial charge in [-0.15, -0.1) is 0 Å². The summed E-state index contributed by atoms with van der Waals surface area (Å²) in [7, 11) is 0. The maximum absolute atomic E-state index is 5.83. The van der Waals surface area contributed by atoms with E-state index < -0.39 is 0 Å². The molecular weight excluding hydrogens is 348 g/mol. The molecule has 146 valence electrons. The van der Waals surface area contributed by atoms with Crippen LogP contribution in [0.1, 0.15) is 31.5 Å².